The molecule has 0 aromatic carbocycles. The smallest absolute Gasteiger partial charge is 0.0229 e. The maximum absolute atomic E-state index is 2.55. The van der Waals surface area contributed by atoms with Crippen LogP contribution in [0.5, 0.6) is 0 Å². The first-order valence-electron chi connectivity index (χ1n) is 5.51. The molecule has 0 amide bonds. The number of nitrogens with zero attached hydrogens (tertiary/aromatic N) is 2. The van der Waals surface area contributed by atoms with Gasteiger partial charge in [-0.15, -0.1) is 0 Å². The monoisotopic (exact) mass is 186 g/mol. The highest BCUT2D eigenvalue weighted by Gasteiger charge is 2.24. The van der Waals surface area contributed by atoms with E-state index in [1.54, 1.807) is 0 Å². The third-order valence-corrected chi connectivity index (χ3v) is 2.66. The Bertz CT molecular complexity index is 107. The molecule has 0 radical (unpaired) electrons. The van der Waals surface area contributed by atoms with Crippen molar-refractivity contribution in [3.05, 3.63) is 0 Å². The SMILES string of the molecule is CC.CC(C)N1CCC(N(C)C)C1. The highest BCUT2D eigenvalue weighted by Crippen LogP contribution is 2.15. The van der Waals surface area contributed by atoms with E-state index in [0.29, 0.717) is 0 Å². The highest BCUT2D eigenvalue weighted by molar-refractivity contribution is 4.82. The van der Waals surface area contributed by atoms with Crippen LogP contribution >= 0.6 is 0 Å². The second-order valence-electron chi connectivity index (χ2n) is 3.99. The van der Waals surface area contributed by atoms with Gasteiger partial charge in [0.15, 0.2) is 0 Å². The summed E-state index contributed by atoms with van der Waals surface area (Å²) in [6.45, 7) is 11.1. The Balaban J connectivity index is 0.000000671. The summed E-state index contributed by atoms with van der Waals surface area (Å²) in [5, 5.41) is 0. The van der Waals surface area contributed by atoms with Crippen LogP contribution in [0.2, 0.25) is 0 Å². The zero-order valence-corrected chi connectivity index (χ0v) is 10.2. The van der Waals surface area contributed by atoms with Crippen LogP contribution in [0, 0.1) is 0 Å². The minimum Gasteiger partial charge on any atom is -0.305 e. The van der Waals surface area contributed by atoms with Crippen LogP contribution in [0.15, 0.2) is 0 Å². The third-order valence-electron chi connectivity index (χ3n) is 2.66. The first-order valence-corrected chi connectivity index (χ1v) is 5.51. The molecule has 80 valence electrons. The van der Waals surface area contributed by atoms with E-state index in [2.05, 4.69) is 37.7 Å². The van der Waals surface area contributed by atoms with Crippen LogP contribution in [-0.2, 0) is 0 Å². The number of hydrogen-bond acceptors (Lipinski definition) is 2. The number of likely N-dealkylation sites (tertiary alicyclic amines) is 1. The highest BCUT2D eigenvalue weighted by atomic mass is 15.2. The summed E-state index contributed by atoms with van der Waals surface area (Å²) in [7, 11) is 4.35. The third kappa shape index (κ3) is 4.10. The normalized spacial score (nSPS) is 23.5. The van der Waals surface area contributed by atoms with Crippen molar-refractivity contribution in [2.24, 2.45) is 0 Å². The van der Waals surface area contributed by atoms with Gasteiger partial charge in [-0.3, -0.25) is 4.90 Å². The van der Waals surface area contributed by atoms with Gasteiger partial charge in [0, 0.05) is 25.2 Å². The minimum atomic E-state index is 0.722. The molecule has 1 saturated heterocycles. The summed E-state index contributed by atoms with van der Waals surface area (Å²) in [6, 6.07) is 1.51. The van der Waals surface area contributed by atoms with E-state index in [4.69, 9.17) is 0 Å². The van der Waals surface area contributed by atoms with Crippen molar-refractivity contribution >= 4 is 0 Å². The van der Waals surface area contributed by atoms with Crippen molar-refractivity contribution in [1.29, 1.82) is 0 Å². The van der Waals surface area contributed by atoms with Crippen molar-refractivity contribution in [3.8, 4) is 0 Å². The standard InChI is InChI=1S/C9H20N2.C2H6/c1-8(2)11-6-5-9(7-11)10(3)4;1-2/h8-9H,5-7H2,1-4H3;1-2H3. The Morgan fingerprint density at radius 3 is 2.00 bits per heavy atom. The van der Waals surface area contributed by atoms with Crippen LogP contribution in [0.25, 0.3) is 0 Å². The molecule has 1 fully saturated rings. The van der Waals surface area contributed by atoms with E-state index < -0.39 is 0 Å². The van der Waals surface area contributed by atoms with Gasteiger partial charge in [-0.25, -0.2) is 0 Å². The molecule has 0 bridgehead atoms. The Morgan fingerprint density at radius 2 is 1.77 bits per heavy atom. The molecule has 0 aliphatic carbocycles. The van der Waals surface area contributed by atoms with E-state index in [0.717, 1.165) is 12.1 Å². The van der Waals surface area contributed by atoms with E-state index in [1.807, 2.05) is 13.8 Å². The van der Waals surface area contributed by atoms with Gasteiger partial charge in [0.1, 0.15) is 0 Å². The van der Waals surface area contributed by atoms with Gasteiger partial charge in [-0.2, -0.15) is 0 Å². The van der Waals surface area contributed by atoms with Gasteiger partial charge < -0.3 is 4.90 Å². The molecule has 0 aromatic rings. The minimum absolute atomic E-state index is 0.722. The summed E-state index contributed by atoms with van der Waals surface area (Å²) >= 11 is 0. The molecule has 0 N–H and O–H groups in total. The largest absolute Gasteiger partial charge is 0.305 e. The van der Waals surface area contributed by atoms with Gasteiger partial charge in [0.05, 0.1) is 0 Å². The van der Waals surface area contributed by atoms with Crippen molar-refractivity contribution in [2.45, 2.75) is 46.2 Å². The number of likely N-dealkylation sites (N-methyl/N-ethyl adjacent to an activating group) is 1. The Kier molecular flexibility index (Phi) is 6.35. The molecule has 1 heterocycles. The Labute approximate surface area is 83.9 Å². The first-order chi connectivity index (χ1) is 6.11. The molecule has 0 aromatic heterocycles. The lowest BCUT2D eigenvalue weighted by Crippen LogP contribution is -2.34. The van der Waals surface area contributed by atoms with Crippen LogP contribution in [0.1, 0.15) is 34.1 Å². The summed E-state index contributed by atoms with van der Waals surface area (Å²) in [5.74, 6) is 0. The van der Waals surface area contributed by atoms with Crippen LogP contribution in [-0.4, -0.2) is 49.1 Å². The van der Waals surface area contributed by atoms with Gasteiger partial charge in [-0.1, -0.05) is 13.8 Å². The predicted molar refractivity (Wildman–Crippen MR) is 60.1 cm³/mol. The molecule has 1 aliphatic rings. The molecule has 2 nitrogen and oxygen atoms in total. The molecule has 2 heteroatoms. The quantitative estimate of drug-likeness (QED) is 0.651. The van der Waals surface area contributed by atoms with Crippen LogP contribution < -0.4 is 0 Å². The lowest BCUT2D eigenvalue weighted by molar-refractivity contribution is 0.237. The van der Waals surface area contributed by atoms with E-state index in [9.17, 15) is 0 Å². The zero-order valence-electron chi connectivity index (χ0n) is 10.2. The van der Waals surface area contributed by atoms with Crippen molar-refractivity contribution < 1.29 is 0 Å². The maximum Gasteiger partial charge on any atom is 0.0229 e. The average Bonchev–Trinajstić information content (AvgIpc) is 2.56. The maximum atomic E-state index is 2.55. The first kappa shape index (κ1) is 12.9. The molecule has 13 heavy (non-hydrogen) atoms. The summed E-state index contributed by atoms with van der Waals surface area (Å²) in [4.78, 5) is 4.88. The number of rotatable bonds is 2. The molecule has 0 saturated carbocycles. The second-order valence-corrected chi connectivity index (χ2v) is 3.99. The second kappa shape index (κ2) is 6.39. The Hall–Kier alpha value is -0.0800. The zero-order chi connectivity index (χ0) is 10.4. The van der Waals surface area contributed by atoms with Crippen LogP contribution in [0.3, 0.4) is 0 Å². The van der Waals surface area contributed by atoms with Gasteiger partial charge in [0.2, 0.25) is 0 Å². The lowest BCUT2D eigenvalue weighted by Gasteiger charge is -2.22. The summed E-state index contributed by atoms with van der Waals surface area (Å²) < 4.78 is 0. The molecular weight excluding hydrogens is 160 g/mol. The average molecular weight is 186 g/mol. The van der Waals surface area contributed by atoms with E-state index in [-0.39, 0.29) is 0 Å². The summed E-state index contributed by atoms with van der Waals surface area (Å²) in [5.41, 5.74) is 0. The van der Waals surface area contributed by atoms with Crippen molar-refractivity contribution in [2.75, 3.05) is 27.2 Å². The molecule has 1 rings (SSSR count). The molecular formula is C11H26N2. The predicted octanol–water partition coefficient (Wildman–Crippen LogP) is 2.06. The fraction of sp³-hybridized carbons (Fsp3) is 1.00. The van der Waals surface area contributed by atoms with E-state index >= 15 is 0 Å². The molecule has 1 aliphatic heterocycles. The van der Waals surface area contributed by atoms with Gasteiger partial charge >= 0.3 is 0 Å². The fourth-order valence-electron chi connectivity index (χ4n) is 1.66. The molecule has 0 spiro atoms. The lowest BCUT2D eigenvalue weighted by atomic mass is 10.2. The fourth-order valence-corrected chi connectivity index (χ4v) is 1.66. The summed E-state index contributed by atoms with van der Waals surface area (Å²) in [6.07, 6.45) is 1.34. The van der Waals surface area contributed by atoms with Crippen molar-refractivity contribution in [1.82, 2.24) is 9.80 Å². The van der Waals surface area contributed by atoms with Gasteiger partial charge in [0.25, 0.3) is 0 Å². The Morgan fingerprint density at radius 1 is 1.23 bits per heavy atom. The van der Waals surface area contributed by atoms with E-state index in [1.165, 1.54) is 19.5 Å². The van der Waals surface area contributed by atoms with Crippen LogP contribution in [0.4, 0.5) is 0 Å². The number of hydrogen-bond donors (Lipinski definition) is 0. The van der Waals surface area contributed by atoms with Gasteiger partial charge in [-0.05, 0) is 34.4 Å². The molecule has 1 unspecified atom stereocenters. The topological polar surface area (TPSA) is 6.48 Å². The van der Waals surface area contributed by atoms with Crippen molar-refractivity contribution in [3.63, 3.8) is 0 Å². The molecule has 1 atom stereocenters.